The maximum absolute atomic E-state index is 12.7. The Morgan fingerprint density at radius 2 is 1.07 bits per heavy atom. The molecular weight excluding hydrogens is 356 g/mol. The van der Waals surface area contributed by atoms with E-state index in [0.717, 1.165) is 22.3 Å². The number of rotatable bonds is 4. The highest BCUT2D eigenvalue weighted by atomic mass is 16.5. The SMILES string of the molecule is COC(=O)c1ccc(C=C2CCC(=Cc3ccc(C(=O)OC)cc3)C2=O)cc1. The Balaban J connectivity index is 1.75. The molecule has 28 heavy (non-hydrogen) atoms. The number of hydrogen-bond donors (Lipinski definition) is 0. The predicted molar refractivity (Wildman–Crippen MR) is 106 cm³/mol. The topological polar surface area (TPSA) is 69.7 Å². The Morgan fingerprint density at radius 1 is 0.714 bits per heavy atom. The summed E-state index contributed by atoms with van der Waals surface area (Å²) in [6, 6.07) is 13.9. The number of carbonyl (C=O) groups excluding carboxylic acids is 3. The molecule has 0 spiro atoms. The van der Waals surface area contributed by atoms with Gasteiger partial charge in [-0.2, -0.15) is 0 Å². The van der Waals surface area contributed by atoms with Crippen LogP contribution in [-0.2, 0) is 14.3 Å². The number of carbonyl (C=O) groups is 3. The summed E-state index contributed by atoms with van der Waals surface area (Å²) in [5.41, 5.74) is 4.14. The Labute approximate surface area is 163 Å². The van der Waals surface area contributed by atoms with E-state index in [1.165, 1.54) is 14.2 Å². The van der Waals surface area contributed by atoms with E-state index < -0.39 is 0 Å². The highest BCUT2D eigenvalue weighted by Crippen LogP contribution is 2.29. The second-order valence-corrected chi connectivity index (χ2v) is 6.40. The number of hydrogen-bond acceptors (Lipinski definition) is 5. The lowest BCUT2D eigenvalue weighted by molar-refractivity contribution is -0.111. The van der Waals surface area contributed by atoms with Crippen molar-refractivity contribution in [1.82, 2.24) is 0 Å². The number of esters is 2. The Bertz CT molecular complexity index is 884. The van der Waals surface area contributed by atoms with E-state index in [4.69, 9.17) is 0 Å². The third-order valence-corrected chi connectivity index (χ3v) is 4.59. The van der Waals surface area contributed by atoms with Crippen molar-refractivity contribution >= 4 is 29.9 Å². The Morgan fingerprint density at radius 3 is 1.39 bits per heavy atom. The van der Waals surface area contributed by atoms with Crippen LogP contribution in [0.1, 0.15) is 44.7 Å². The van der Waals surface area contributed by atoms with Gasteiger partial charge in [-0.15, -0.1) is 0 Å². The van der Waals surface area contributed by atoms with Crippen molar-refractivity contribution in [3.63, 3.8) is 0 Å². The second kappa shape index (κ2) is 8.48. The molecule has 5 heteroatoms. The van der Waals surface area contributed by atoms with E-state index in [9.17, 15) is 14.4 Å². The molecule has 0 aliphatic heterocycles. The summed E-state index contributed by atoms with van der Waals surface area (Å²) in [6.07, 6.45) is 5.04. The summed E-state index contributed by atoms with van der Waals surface area (Å²) in [5, 5.41) is 0. The first-order valence-corrected chi connectivity index (χ1v) is 8.84. The first kappa shape index (κ1) is 19.3. The van der Waals surface area contributed by atoms with Gasteiger partial charge in [-0.25, -0.2) is 9.59 Å². The lowest BCUT2D eigenvalue weighted by Gasteiger charge is -2.01. The van der Waals surface area contributed by atoms with Crippen LogP contribution in [0.4, 0.5) is 0 Å². The number of Topliss-reactive ketones (excluding diaryl/α,β-unsaturated/α-hetero) is 1. The molecule has 2 aromatic rings. The first-order chi connectivity index (χ1) is 13.5. The van der Waals surface area contributed by atoms with Crippen molar-refractivity contribution in [3.8, 4) is 0 Å². The second-order valence-electron chi connectivity index (χ2n) is 6.40. The molecule has 142 valence electrons. The average molecular weight is 376 g/mol. The molecule has 1 fully saturated rings. The molecule has 2 aromatic carbocycles. The zero-order chi connectivity index (χ0) is 20.1. The summed E-state index contributed by atoms with van der Waals surface area (Å²) < 4.78 is 9.37. The van der Waals surface area contributed by atoms with Crippen molar-refractivity contribution in [2.75, 3.05) is 14.2 Å². The van der Waals surface area contributed by atoms with Gasteiger partial charge in [0.25, 0.3) is 0 Å². The van der Waals surface area contributed by atoms with Crippen molar-refractivity contribution in [2.45, 2.75) is 12.8 Å². The standard InChI is InChI=1S/C23H20O5/c1-27-22(25)17-7-3-15(4-8-17)13-19-11-12-20(21(19)24)14-16-5-9-18(10-6-16)23(26)28-2/h3-10,13-14H,11-12H2,1-2H3. The Kier molecular flexibility index (Phi) is 5.84. The fraction of sp³-hybridized carbons (Fsp3) is 0.174. The molecule has 0 N–H and O–H groups in total. The van der Waals surface area contributed by atoms with Crippen LogP contribution in [0, 0.1) is 0 Å². The fourth-order valence-electron chi connectivity index (χ4n) is 3.05. The minimum atomic E-state index is -0.389. The molecule has 0 bridgehead atoms. The number of allylic oxidation sites excluding steroid dienone is 2. The van der Waals surface area contributed by atoms with Gasteiger partial charge in [-0.3, -0.25) is 4.79 Å². The molecule has 0 saturated heterocycles. The van der Waals surface area contributed by atoms with Crippen LogP contribution in [0.5, 0.6) is 0 Å². The van der Waals surface area contributed by atoms with E-state index in [1.807, 2.05) is 12.2 Å². The molecule has 0 radical (unpaired) electrons. The summed E-state index contributed by atoms with van der Waals surface area (Å²) in [6.45, 7) is 0. The minimum absolute atomic E-state index is 0.0223. The van der Waals surface area contributed by atoms with Crippen LogP contribution in [0.2, 0.25) is 0 Å². The van der Waals surface area contributed by atoms with E-state index in [-0.39, 0.29) is 17.7 Å². The molecule has 0 heterocycles. The Hall–Kier alpha value is -3.47. The van der Waals surface area contributed by atoms with Gasteiger partial charge in [-0.05, 0) is 60.4 Å². The average Bonchev–Trinajstić information content (AvgIpc) is 3.07. The lowest BCUT2D eigenvalue weighted by atomic mass is 10.0. The van der Waals surface area contributed by atoms with Crippen LogP contribution < -0.4 is 0 Å². The minimum Gasteiger partial charge on any atom is -0.465 e. The van der Waals surface area contributed by atoms with Crippen molar-refractivity contribution < 1.29 is 23.9 Å². The van der Waals surface area contributed by atoms with Crippen LogP contribution in [0.3, 0.4) is 0 Å². The number of ether oxygens (including phenoxy) is 2. The molecule has 0 atom stereocenters. The molecule has 1 aliphatic carbocycles. The van der Waals surface area contributed by atoms with E-state index in [0.29, 0.717) is 24.0 Å². The normalized spacial score (nSPS) is 16.4. The molecule has 3 rings (SSSR count). The number of ketones is 1. The summed E-state index contributed by atoms with van der Waals surface area (Å²) in [7, 11) is 2.68. The van der Waals surface area contributed by atoms with E-state index in [2.05, 4.69) is 9.47 Å². The molecule has 0 aromatic heterocycles. The number of methoxy groups -OCH3 is 2. The van der Waals surface area contributed by atoms with E-state index >= 15 is 0 Å². The molecule has 1 saturated carbocycles. The van der Waals surface area contributed by atoms with Crippen LogP contribution in [0.25, 0.3) is 12.2 Å². The van der Waals surface area contributed by atoms with Gasteiger partial charge >= 0.3 is 11.9 Å². The zero-order valence-electron chi connectivity index (χ0n) is 15.7. The highest BCUT2D eigenvalue weighted by Gasteiger charge is 2.23. The smallest absolute Gasteiger partial charge is 0.337 e. The van der Waals surface area contributed by atoms with Gasteiger partial charge in [0.15, 0.2) is 5.78 Å². The zero-order valence-corrected chi connectivity index (χ0v) is 15.7. The van der Waals surface area contributed by atoms with E-state index in [1.54, 1.807) is 48.5 Å². The summed E-state index contributed by atoms with van der Waals surface area (Å²) in [5.74, 6) is -0.756. The lowest BCUT2D eigenvalue weighted by Crippen LogP contribution is -2.00. The summed E-state index contributed by atoms with van der Waals surface area (Å²) in [4.78, 5) is 35.6. The molecule has 0 unspecified atom stereocenters. The fourth-order valence-corrected chi connectivity index (χ4v) is 3.05. The van der Waals surface area contributed by atoms with Crippen LogP contribution in [0.15, 0.2) is 59.7 Å². The summed E-state index contributed by atoms with van der Waals surface area (Å²) >= 11 is 0. The molecule has 1 aliphatic rings. The number of benzene rings is 2. The molecular formula is C23H20O5. The van der Waals surface area contributed by atoms with Gasteiger partial charge < -0.3 is 9.47 Å². The quantitative estimate of drug-likeness (QED) is 0.594. The maximum Gasteiger partial charge on any atom is 0.337 e. The van der Waals surface area contributed by atoms with Crippen LogP contribution >= 0.6 is 0 Å². The monoisotopic (exact) mass is 376 g/mol. The van der Waals surface area contributed by atoms with Crippen molar-refractivity contribution in [1.29, 1.82) is 0 Å². The largest absolute Gasteiger partial charge is 0.465 e. The third kappa shape index (κ3) is 4.26. The van der Waals surface area contributed by atoms with Crippen molar-refractivity contribution in [3.05, 3.63) is 81.9 Å². The highest BCUT2D eigenvalue weighted by molar-refractivity contribution is 6.15. The predicted octanol–water partition coefficient (Wildman–Crippen LogP) is 4.09. The molecule has 5 nitrogen and oxygen atoms in total. The molecule has 0 amide bonds. The maximum atomic E-state index is 12.7. The van der Waals surface area contributed by atoms with Gasteiger partial charge in [0, 0.05) is 11.1 Å². The van der Waals surface area contributed by atoms with Gasteiger partial charge in [-0.1, -0.05) is 24.3 Å². The third-order valence-electron chi connectivity index (χ3n) is 4.59. The van der Waals surface area contributed by atoms with Gasteiger partial charge in [0.05, 0.1) is 25.3 Å². The van der Waals surface area contributed by atoms with Crippen LogP contribution in [-0.4, -0.2) is 31.9 Å². The van der Waals surface area contributed by atoms with Gasteiger partial charge in [0.2, 0.25) is 0 Å². The first-order valence-electron chi connectivity index (χ1n) is 8.84. The van der Waals surface area contributed by atoms with Crippen molar-refractivity contribution in [2.24, 2.45) is 0 Å². The van der Waals surface area contributed by atoms with Gasteiger partial charge in [0.1, 0.15) is 0 Å².